The molecule has 0 aliphatic rings. The van der Waals surface area contributed by atoms with Crippen LogP contribution in [0.4, 0.5) is 5.69 Å². The van der Waals surface area contributed by atoms with Crippen LogP contribution in [-0.2, 0) is 4.79 Å². The first-order valence-electron chi connectivity index (χ1n) is 7.09. The monoisotopic (exact) mass is 377 g/mol. The van der Waals surface area contributed by atoms with Gasteiger partial charge in [-0.3, -0.25) is 9.36 Å². The van der Waals surface area contributed by atoms with E-state index in [0.717, 1.165) is 10.8 Å². The highest BCUT2D eigenvalue weighted by molar-refractivity contribution is 7.99. The SMILES string of the molecule is O=C(CSc1nccn1-c1cccc(Cl)c1)Nc1cccc(Cl)c1. The molecule has 1 N–H and O–H groups in total. The molecule has 0 saturated carbocycles. The molecule has 3 rings (SSSR count). The number of imidazole rings is 1. The van der Waals surface area contributed by atoms with Gasteiger partial charge in [-0.05, 0) is 36.4 Å². The Morgan fingerprint density at radius 1 is 1.12 bits per heavy atom. The second-order valence-corrected chi connectivity index (χ2v) is 6.72. The summed E-state index contributed by atoms with van der Waals surface area (Å²) in [7, 11) is 0. The van der Waals surface area contributed by atoms with Gasteiger partial charge < -0.3 is 5.32 Å². The number of carbonyl (C=O) groups is 1. The first kappa shape index (κ1) is 16.9. The van der Waals surface area contributed by atoms with Gasteiger partial charge >= 0.3 is 0 Å². The number of nitrogens with one attached hydrogen (secondary N) is 1. The summed E-state index contributed by atoms with van der Waals surface area (Å²) in [5.74, 6) is 0.118. The molecule has 0 bridgehead atoms. The van der Waals surface area contributed by atoms with E-state index in [4.69, 9.17) is 23.2 Å². The molecule has 4 nitrogen and oxygen atoms in total. The molecule has 0 unspecified atom stereocenters. The number of hydrogen-bond donors (Lipinski definition) is 1. The van der Waals surface area contributed by atoms with Gasteiger partial charge in [0.15, 0.2) is 5.16 Å². The largest absolute Gasteiger partial charge is 0.325 e. The van der Waals surface area contributed by atoms with Crippen LogP contribution in [0.2, 0.25) is 10.0 Å². The number of rotatable bonds is 5. The van der Waals surface area contributed by atoms with Gasteiger partial charge in [0, 0.05) is 33.8 Å². The Kier molecular flexibility index (Phi) is 5.45. The molecule has 0 aliphatic carbocycles. The van der Waals surface area contributed by atoms with Gasteiger partial charge in [0.1, 0.15) is 0 Å². The van der Waals surface area contributed by atoms with E-state index in [1.165, 1.54) is 11.8 Å². The number of amides is 1. The number of halogens is 2. The third-order valence-corrected chi connectivity index (χ3v) is 4.57. The van der Waals surface area contributed by atoms with E-state index < -0.39 is 0 Å². The van der Waals surface area contributed by atoms with Crippen LogP contribution in [0.25, 0.3) is 5.69 Å². The molecule has 0 aliphatic heterocycles. The summed E-state index contributed by atoms with van der Waals surface area (Å²) in [5, 5.41) is 4.76. The maximum atomic E-state index is 12.1. The summed E-state index contributed by atoms with van der Waals surface area (Å²) in [6.07, 6.45) is 3.53. The lowest BCUT2D eigenvalue weighted by Gasteiger charge is -2.08. The van der Waals surface area contributed by atoms with E-state index >= 15 is 0 Å². The predicted molar refractivity (Wildman–Crippen MR) is 99.4 cm³/mol. The smallest absolute Gasteiger partial charge is 0.234 e. The minimum absolute atomic E-state index is 0.122. The molecule has 0 atom stereocenters. The zero-order valence-corrected chi connectivity index (χ0v) is 14.8. The Labute approximate surface area is 153 Å². The molecule has 1 heterocycles. The van der Waals surface area contributed by atoms with Crippen molar-refractivity contribution in [2.24, 2.45) is 0 Å². The Morgan fingerprint density at radius 3 is 2.62 bits per heavy atom. The van der Waals surface area contributed by atoms with Gasteiger partial charge in [-0.1, -0.05) is 47.1 Å². The molecule has 1 amide bonds. The topological polar surface area (TPSA) is 46.9 Å². The van der Waals surface area contributed by atoms with Crippen LogP contribution in [0.3, 0.4) is 0 Å². The molecule has 2 aromatic carbocycles. The van der Waals surface area contributed by atoms with E-state index in [9.17, 15) is 4.79 Å². The maximum absolute atomic E-state index is 12.1. The standard InChI is InChI=1S/C17H13Cl2N3OS/c18-12-3-1-5-14(9-12)21-16(23)11-24-17-20-7-8-22(17)15-6-2-4-13(19)10-15/h1-10H,11H2,(H,21,23). The van der Waals surface area contributed by atoms with E-state index in [1.54, 1.807) is 30.5 Å². The van der Waals surface area contributed by atoms with Crippen molar-refractivity contribution in [2.75, 3.05) is 11.1 Å². The van der Waals surface area contributed by atoms with Crippen molar-refractivity contribution >= 4 is 46.6 Å². The average molecular weight is 378 g/mol. The van der Waals surface area contributed by atoms with Crippen molar-refractivity contribution in [3.63, 3.8) is 0 Å². The van der Waals surface area contributed by atoms with E-state index in [2.05, 4.69) is 10.3 Å². The maximum Gasteiger partial charge on any atom is 0.234 e. The number of anilines is 1. The van der Waals surface area contributed by atoms with Crippen molar-refractivity contribution in [2.45, 2.75) is 5.16 Å². The van der Waals surface area contributed by atoms with E-state index in [-0.39, 0.29) is 11.7 Å². The van der Waals surface area contributed by atoms with Crippen molar-refractivity contribution in [3.05, 3.63) is 71.0 Å². The molecule has 122 valence electrons. The van der Waals surface area contributed by atoms with Crippen molar-refractivity contribution in [3.8, 4) is 5.69 Å². The second kappa shape index (κ2) is 7.75. The first-order chi connectivity index (χ1) is 11.6. The highest BCUT2D eigenvalue weighted by Gasteiger charge is 2.10. The summed E-state index contributed by atoms with van der Waals surface area (Å²) >= 11 is 13.3. The molecule has 0 spiro atoms. The number of carbonyl (C=O) groups excluding carboxylic acids is 1. The molecule has 0 saturated heterocycles. The van der Waals surface area contributed by atoms with Crippen molar-refractivity contribution < 1.29 is 4.79 Å². The van der Waals surface area contributed by atoms with Crippen LogP contribution in [-0.4, -0.2) is 21.2 Å². The lowest BCUT2D eigenvalue weighted by Crippen LogP contribution is -2.14. The third-order valence-electron chi connectivity index (χ3n) is 3.13. The van der Waals surface area contributed by atoms with Gasteiger partial charge in [-0.25, -0.2) is 4.98 Å². The number of benzene rings is 2. The number of hydrogen-bond acceptors (Lipinski definition) is 3. The number of nitrogens with zero attached hydrogens (tertiary/aromatic N) is 2. The zero-order valence-electron chi connectivity index (χ0n) is 12.4. The third kappa shape index (κ3) is 4.32. The van der Waals surface area contributed by atoms with Crippen LogP contribution in [0.1, 0.15) is 0 Å². The quantitative estimate of drug-likeness (QED) is 0.642. The Bertz CT molecular complexity index is 866. The average Bonchev–Trinajstić information content (AvgIpc) is 3.01. The van der Waals surface area contributed by atoms with Crippen molar-refractivity contribution in [1.82, 2.24) is 9.55 Å². The normalized spacial score (nSPS) is 10.6. The van der Waals surface area contributed by atoms with Gasteiger partial charge in [-0.15, -0.1) is 0 Å². The van der Waals surface area contributed by atoms with Crippen LogP contribution < -0.4 is 5.32 Å². The highest BCUT2D eigenvalue weighted by atomic mass is 35.5. The summed E-state index contributed by atoms with van der Waals surface area (Å²) in [6.45, 7) is 0. The Balaban J connectivity index is 1.65. The Hall–Kier alpha value is -1.95. The first-order valence-corrected chi connectivity index (χ1v) is 8.83. The lowest BCUT2D eigenvalue weighted by atomic mass is 10.3. The molecule has 1 aromatic heterocycles. The summed E-state index contributed by atoms with van der Waals surface area (Å²) in [6, 6.07) is 14.5. The van der Waals surface area contributed by atoms with Gasteiger partial charge in [0.05, 0.1) is 5.75 Å². The van der Waals surface area contributed by atoms with E-state index in [1.807, 2.05) is 35.0 Å². The fourth-order valence-corrected chi connectivity index (χ4v) is 3.26. The Morgan fingerprint density at radius 2 is 1.88 bits per heavy atom. The zero-order chi connectivity index (χ0) is 16.9. The van der Waals surface area contributed by atoms with Gasteiger partial charge in [0.25, 0.3) is 0 Å². The van der Waals surface area contributed by atoms with Gasteiger partial charge in [0.2, 0.25) is 5.91 Å². The van der Waals surface area contributed by atoms with Crippen LogP contribution in [0.5, 0.6) is 0 Å². The van der Waals surface area contributed by atoms with Crippen LogP contribution >= 0.6 is 35.0 Å². The summed E-state index contributed by atoms with van der Waals surface area (Å²) in [4.78, 5) is 16.4. The highest BCUT2D eigenvalue weighted by Crippen LogP contribution is 2.23. The number of thioether (sulfide) groups is 1. The number of aromatic nitrogens is 2. The molecule has 7 heteroatoms. The minimum Gasteiger partial charge on any atom is -0.325 e. The summed E-state index contributed by atoms with van der Waals surface area (Å²) in [5.41, 5.74) is 1.57. The van der Waals surface area contributed by atoms with Crippen LogP contribution in [0.15, 0.2) is 66.1 Å². The van der Waals surface area contributed by atoms with Crippen molar-refractivity contribution in [1.29, 1.82) is 0 Å². The molecular weight excluding hydrogens is 365 g/mol. The molecular formula is C17H13Cl2N3OS. The fraction of sp³-hybridized carbons (Fsp3) is 0.0588. The molecule has 0 fully saturated rings. The summed E-state index contributed by atoms with van der Waals surface area (Å²) < 4.78 is 1.89. The lowest BCUT2D eigenvalue weighted by molar-refractivity contribution is -0.113. The van der Waals surface area contributed by atoms with Crippen LogP contribution in [0, 0.1) is 0 Å². The molecule has 3 aromatic rings. The van der Waals surface area contributed by atoms with E-state index in [0.29, 0.717) is 15.7 Å². The minimum atomic E-state index is -0.122. The predicted octanol–water partition coefficient (Wildman–Crippen LogP) is 4.91. The fourth-order valence-electron chi connectivity index (χ4n) is 2.11. The molecule has 24 heavy (non-hydrogen) atoms. The second-order valence-electron chi connectivity index (χ2n) is 4.91. The van der Waals surface area contributed by atoms with Gasteiger partial charge in [-0.2, -0.15) is 0 Å². The molecule has 0 radical (unpaired) electrons.